The molecule has 100 valence electrons. The summed E-state index contributed by atoms with van der Waals surface area (Å²) >= 11 is 1.24. The van der Waals surface area contributed by atoms with Crippen LogP contribution in [0, 0.1) is 6.92 Å². The molecule has 7 heteroatoms. The van der Waals surface area contributed by atoms with Gasteiger partial charge in [0, 0.05) is 18.1 Å². The molecule has 0 aliphatic rings. The lowest BCUT2D eigenvalue weighted by Crippen LogP contribution is -2.18. The highest BCUT2D eigenvalue weighted by Gasteiger charge is 2.12. The molecule has 2 aromatic heterocycles. The van der Waals surface area contributed by atoms with Gasteiger partial charge in [-0.15, -0.1) is 11.3 Å². The molecule has 0 bridgehead atoms. The van der Waals surface area contributed by atoms with E-state index in [9.17, 15) is 9.59 Å². The van der Waals surface area contributed by atoms with Crippen molar-refractivity contribution in [1.82, 2.24) is 15.1 Å². The second-order valence-corrected chi connectivity index (χ2v) is 5.23. The third-order valence-corrected chi connectivity index (χ3v) is 3.74. The maximum absolute atomic E-state index is 11.4. The van der Waals surface area contributed by atoms with Gasteiger partial charge in [-0.2, -0.15) is 5.10 Å². The summed E-state index contributed by atoms with van der Waals surface area (Å²) in [7, 11) is 1.55. The molecule has 0 saturated heterocycles. The van der Waals surface area contributed by atoms with Crippen LogP contribution in [0.3, 0.4) is 0 Å². The predicted octanol–water partition coefficient (Wildman–Crippen LogP) is 1.36. The van der Waals surface area contributed by atoms with Crippen LogP contribution in [-0.4, -0.2) is 33.8 Å². The molecule has 0 unspecified atom stereocenters. The van der Waals surface area contributed by atoms with Crippen molar-refractivity contribution in [2.75, 3.05) is 7.05 Å². The van der Waals surface area contributed by atoms with E-state index in [4.69, 9.17) is 5.11 Å². The van der Waals surface area contributed by atoms with Gasteiger partial charge in [-0.3, -0.25) is 9.48 Å². The minimum atomic E-state index is -0.925. The lowest BCUT2D eigenvalue weighted by molar-refractivity contribution is 0.0701. The number of hydrogen-bond acceptors (Lipinski definition) is 4. The summed E-state index contributed by atoms with van der Waals surface area (Å²) in [4.78, 5) is 23.5. The number of rotatable bonds is 4. The third kappa shape index (κ3) is 2.82. The smallest absolute Gasteiger partial charge is 0.345 e. The van der Waals surface area contributed by atoms with Crippen LogP contribution >= 0.6 is 11.3 Å². The minimum absolute atomic E-state index is 0.244. The molecule has 2 heterocycles. The Balaban J connectivity index is 2.19. The maximum Gasteiger partial charge on any atom is 0.345 e. The molecule has 0 atom stereocenters. The number of aromatic carboxylic acids is 1. The van der Waals surface area contributed by atoms with Gasteiger partial charge in [0.15, 0.2) is 0 Å². The van der Waals surface area contributed by atoms with E-state index in [1.807, 2.05) is 6.92 Å². The molecule has 0 aromatic carbocycles. The summed E-state index contributed by atoms with van der Waals surface area (Å²) in [5.41, 5.74) is 1.24. The van der Waals surface area contributed by atoms with Crippen LogP contribution in [-0.2, 0) is 6.54 Å². The van der Waals surface area contributed by atoms with E-state index in [0.717, 1.165) is 10.4 Å². The maximum atomic E-state index is 11.4. The fourth-order valence-corrected chi connectivity index (χ4v) is 2.53. The van der Waals surface area contributed by atoms with E-state index < -0.39 is 5.97 Å². The number of nitrogens with one attached hydrogen (secondary N) is 1. The molecule has 0 radical (unpaired) electrons. The van der Waals surface area contributed by atoms with Gasteiger partial charge >= 0.3 is 5.97 Å². The highest BCUT2D eigenvalue weighted by Crippen LogP contribution is 2.22. The van der Waals surface area contributed by atoms with Gasteiger partial charge in [0.2, 0.25) is 0 Å². The van der Waals surface area contributed by atoms with E-state index in [2.05, 4.69) is 10.4 Å². The van der Waals surface area contributed by atoms with Crippen molar-refractivity contribution in [3.63, 3.8) is 0 Å². The van der Waals surface area contributed by atoms with E-state index in [1.165, 1.54) is 11.3 Å². The number of hydrogen-bond donors (Lipinski definition) is 2. The van der Waals surface area contributed by atoms with Crippen LogP contribution in [0.25, 0.3) is 0 Å². The summed E-state index contributed by atoms with van der Waals surface area (Å²) in [6.07, 6.45) is 1.70. The number of aryl methyl sites for hydroxylation is 1. The first-order chi connectivity index (χ1) is 9.01. The molecule has 0 fully saturated rings. The van der Waals surface area contributed by atoms with Gasteiger partial charge in [0.25, 0.3) is 5.91 Å². The Morgan fingerprint density at radius 1 is 1.53 bits per heavy atom. The molecule has 2 aromatic rings. The molecule has 0 aliphatic heterocycles. The Bertz CT molecular complexity index is 630. The molecule has 2 rings (SSSR count). The van der Waals surface area contributed by atoms with Crippen LogP contribution in [0.2, 0.25) is 0 Å². The summed E-state index contributed by atoms with van der Waals surface area (Å²) in [6, 6.07) is 3.27. The Kier molecular flexibility index (Phi) is 3.66. The fourth-order valence-electron chi connectivity index (χ4n) is 1.66. The van der Waals surface area contributed by atoms with Crippen LogP contribution in [0.15, 0.2) is 18.3 Å². The highest BCUT2D eigenvalue weighted by atomic mass is 32.1. The minimum Gasteiger partial charge on any atom is -0.477 e. The fraction of sp³-hybridized carbons (Fsp3) is 0.250. The summed E-state index contributed by atoms with van der Waals surface area (Å²) < 4.78 is 1.62. The lowest BCUT2D eigenvalue weighted by atomic mass is 10.2. The molecule has 6 nitrogen and oxygen atoms in total. The Hall–Kier alpha value is -2.15. The molecule has 0 saturated carbocycles. The van der Waals surface area contributed by atoms with Gasteiger partial charge < -0.3 is 10.4 Å². The van der Waals surface area contributed by atoms with E-state index in [1.54, 1.807) is 30.1 Å². The zero-order valence-corrected chi connectivity index (χ0v) is 11.3. The highest BCUT2D eigenvalue weighted by molar-refractivity contribution is 7.14. The molecular formula is C12H13N3O3S. The Labute approximate surface area is 113 Å². The first kappa shape index (κ1) is 13.3. The Morgan fingerprint density at radius 2 is 2.26 bits per heavy atom. The number of carbonyl (C=O) groups excluding carboxylic acids is 1. The van der Waals surface area contributed by atoms with E-state index in [-0.39, 0.29) is 5.91 Å². The predicted molar refractivity (Wildman–Crippen MR) is 70.7 cm³/mol. The van der Waals surface area contributed by atoms with Crippen LogP contribution in [0.4, 0.5) is 0 Å². The van der Waals surface area contributed by atoms with E-state index >= 15 is 0 Å². The lowest BCUT2D eigenvalue weighted by Gasteiger charge is -2.00. The first-order valence-electron chi connectivity index (χ1n) is 5.59. The molecular weight excluding hydrogens is 266 g/mol. The number of carboxylic acids is 1. The standard InChI is InChI=1S/C12H13N3O3S/c1-7-8(5-10(19-7)12(17)18)6-15-4-3-9(14-15)11(16)13-2/h3-5H,6H2,1-2H3,(H,13,16)(H,17,18). The van der Waals surface area contributed by atoms with Gasteiger partial charge in [-0.1, -0.05) is 0 Å². The van der Waals surface area contributed by atoms with Gasteiger partial charge in [0.05, 0.1) is 6.54 Å². The zero-order chi connectivity index (χ0) is 14.0. The van der Waals surface area contributed by atoms with Crippen molar-refractivity contribution >= 4 is 23.2 Å². The first-order valence-corrected chi connectivity index (χ1v) is 6.41. The number of carbonyl (C=O) groups is 2. The van der Waals surface area contributed by atoms with Crippen molar-refractivity contribution in [3.8, 4) is 0 Å². The van der Waals surface area contributed by atoms with Gasteiger partial charge in [-0.05, 0) is 24.6 Å². The Morgan fingerprint density at radius 3 is 2.84 bits per heavy atom. The SMILES string of the molecule is CNC(=O)c1ccn(Cc2cc(C(=O)O)sc2C)n1. The van der Waals surface area contributed by atoms with Crippen molar-refractivity contribution in [1.29, 1.82) is 0 Å². The van der Waals surface area contributed by atoms with Gasteiger partial charge in [-0.25, -0.2) is 4.79 Å². The van der Waals surface area contributed by atoms with Crippen LogP contribution < -0.4 is 5.32 Å². The molecule has 0 spiro atoms. The average Bonchev–Trinajstić information content (AvgIpc) is 2.97. The summed E-state index contributed by atoms with van der Waals surface area (Å²) in [5.74, 6) is -1.17. The second kappa shape index (κ2) is 5.23. The normalized spacial score (nSPS) is 10.4. The average molecular weight is 279 g/mol. The number of aromatic nitrogens is 2. The third-order valence-electron chi connectivity index (χ3n) is 2.66. The number of thiophene rings is 1. The molecule has 1 amide bonds. The summed E-state index contributed by atoms with van der Waals surface area (Å²) in [5, 5.41) is 15.6. The van der Waals surface area contributed by atoms with Gasteiger partial charge in [0.1, 0.15) is 10.6 Å². The topological polar surface area (TPSA) is 84.2 Å². The molecule has 19 heavy (non-hydrogen) atoms. The largest absolute Gasteiger partial charge is 0.477 e. The summed E-state index contributed by atoms with van der Waals surface area (Å²) in [6.45, 7) is 2.32. The molecule has 2 N–H and O–H groups in total. The van der Waals surface area contributed by atoms with Crippen molar-refractivity contribution in [2.24, 2.45) is 0 Å². The van der Waals surface area contributed by atoms with Crippen LogP contribution in [0.1, 0.15) is 30.6 Å². The van der Waals surface area contributed by atoms with Crippen molar-refractivity contribution in [3.05, 3.63) is 39.3 Å². The quantitative estimate of drug-likeness (QED) is 0.885. The van der Waals surface area contributed by atoms with Crippen LogP contribution in [0.5, 0.6) is 0 Å². The monoisotopic (exact) mass is 279 g/mol. The molecule has 0 aliphatic carbocycles. The van der Waals surface area contributed by atoms with Crippen molar-refractivity contribution in [2.45, 2.75) is 13.5 Å². The number of nitrogens with zero attached hydrogens (tertiary/aromatic N) is 2. The van der Waals surface area contributed by atoms with E-state index in [0.29, 0.717) is 17.1 Å². The number of carboxylic acid groups (broad SMARTS) is 1. The van der Waals surface area contributed by atoms with Crippen molar-refractivity contribution < 1.29 is 14.7 Å². The number of amides is 1. The zero-order valence-electron chi connectivity index (χ0n) is 10.5. The second-order valence-electron chi connectivity index (χ2n) is 3.97.